The minimum Gasteiger partial charge on any atom is -0.414 e. The number of rotatable bonds is 5. The molecule has 32 heavy (non-hydrogen) atoms. The Morgan fingerprint density at radius 2 is 1.69 bits per heavy atom. The summed E-state index contributed by atoms with van der Waals surface area (Å²) in [6.45, 7) is 20.0. The van der Waals surface area contributed by atoms with Crippen molar-refractivity contribution < 1.29 is 4.43 Å². The van der Waals surface area contributed by atoms with Gasteiger partial charge in [-0.25, -0.2) is 0 Å². The van der Waals surface area contributed by atoms with Crippen molar-refractivity contribution in [2.24, 2.45) is 58.2 Å². The van der Waals surface area contributed by atoms with Gasteiger partial charge in [0.05, 0.1) is 0 Å². The summed E-state index contributed by atoms with van der Waals surface area (Å²) >= 11 is 0. The first-order chi connectivity index (χ1) is 14.9. The topological polar surface area (TPSA) is 9.23 Å². The smallest absolute Gasteiger partial charge is 0.184 e. The van der Waals surface area contributed by atoms with Crippen molar-refractivity contribution in [3.05, 3.63) is 11.6 Å². The highest BCUT2D eigenvalue weighted by atomic mass is 28.4. The molecule has 5 rings (SSSR count). The van der Waals surface area contributed by atoms with Crippen LogP contribution in [0.1, 0.15) is 92.4 Å². The molecule has 2 heteroatoms. The Labute approximate surface area is 200 Å². The normalized spacial score (nSPS) is 49.2. The Morgan fingerprint density at radius 3 is 2.34 bits per heavy atom. The number of hydrogen-bond acceptors (Lipinski definition) is 1. The second kappa shape index (κ2) is 7.97. The van der Waals surface area contributed by atoms with E-state index in [1.54, 1.807) is 5.57 Å². The molecule has 0 aromatic carbocycles. The summed E-state index contributed by atoms with van der Waals surface area (Å²) in [4.78, 5) is 0. The first kappa shape index (κ1) is 23.6. The summed E-state index contributed by atoms with van der Waals surface area (Å²) in [6.07, 6.45) is 16.0. The molecule has 0 spiro atoms. The molecule has 1 nitrogen and oxygen atoms in total. The van der Waals surface area contributed by atoms with Crippen molar-refractivity contribution in [2.75, 3.05) is 0 Å². The van der Waals surface area contributed by atoms with Crippen LogP contribution in [-0.2, 0) is 4.43 Å². The van der Waals surface area contributed by atoms with Crippen LogP contribution in [0.4, 0.5) is 0 Å². The second-order valence-corrected chi connectivity index (χ2v) is 19.2. The lowest BCUT2D eigenvalue weighted by molar-refractivity contribution is -0.0575. The summed E-state index contributed by atoms with van der Waals surface area (Å²) in [7, 11) is -1.45. The highest BCUT2D eigenvalue weighted by Crippen LogP contribution is 2.69. The largest absolute Gasteiger partial charge is 0.414 e. The molecular weight excluding hydrogens is 404 g/mol. The van der Waals surface area contributed by atoms with Crippen LogP contribution in [0.3, 0.4) is 0 Å². The molecule has 0 aliphatic heterocycles. The molecule has 10 atom stereocenters. The maximum atomic E-state index is 6.59. The number of fused-ring (bicyclic) bond motifs is 5. The highest BCUT2D eigenvalue weighted by Gasteiger charge is 2.61. The maximum absolute atomic E-state index is 6.59. The van der Waals surface area contributed by atoms with E-state index in [2.05, 4.69) is 60.3 Å². The average molecular weight is 457 g/mol. The molecule has 0 aromatic rings. The summed E-state index contributed by atoms with van der Waals surface area (Å²) < 4.78 is 6.59. The molecule has 182 valence electrons. The van der Waals surface area contributed by atoms with Crippen LogP contribution in [0.2, 0.25) is 19.6 Å². The minimum atomic E-state index is -1.45. The van der Waals surface area contributed by atoms with Gasteiger partial charge in [-0.3, -0.25) is 0 Å². The maximum Gasteiger partial charge on any atom is 0.184 e. The van der Waals surface area contributed by atoms with Crippen molar-refractivity contribution >= 4 is 8.32 Å². The molecule has 5 aliphatic rings. The van der Waals surface area contributed by atoms with Crippen LogP contribution in [0.25, 0.3) is 0 Å². The number of hydrogen-bond donors (Lipinski definition) is 0. The zero-order valence-corrected chi connectivity index (χ0v) is 23.5. The van der Waals surface area contributed by atoms with E-state index in [9.17, 15) is 0 Å². The first-order valence-corrected chi connectivity index (χ1v) is 17.7. The van der Waals surface area contributed by atoms with Gasteiger partial charge < -0.3 is 4.43 Å². The molecule has 0 amide bonds. The molecule has 0 heterocycles. The van der Waals surface area contributed by atoms with Crippen LogP contribution < -0.4 is 0 Å². The van der Waals surface area contributed by atoms with E-state index >= 15 is 0 Å². The Kier molecular flexibility index (Phi) is 5.89. The molecule has 0 radical (unpaired) electrons. The van der Waals surface area contributed by atoms with Gasteiger partial charge in [-0.1, -0.05) is 46.3 Å². The van der Waals surface area contributed by atoms with E-state index in [-0.39, 0.29) is 0 Å². The van der Waals surface area contributed by atoms with E-state index in [0.717, 1.165) is 47.3 Å². The lowest BCUT2D eigenvalue weighted by atomic mass is 9.47. The van der Waals surface area contributed by atoms with Crippen molar-refractivity contribution in [1.29, 1.82) is 0 Å². The Bertz CT molecular complexity index is 748. The summed E-state index contributed by atoms with van der Waals surface area (Å²) in [5.41, 5.74) is 2.87. The predicted octanol–water partition coefficient (Wildman–Crippen LogP) is 8.71. The van der Waals surface area contributed by atoms with Crippen LogP contribution in [0, 0.1) is 58.2 Å². The van der Waals surface area contributed by atoms with Crippen LogP contribution in [-0.4, -0.2) is 14.4 Å². The fraction of sp³-hybridized carbons (Fsp3) is 0.933. The Hall–Kier alpha value is -0.0831. The fourth-order valence-electron chi connectivity index (χ4n) is 10.0. The Balaban J connectivity index is 1.32. The lowest BCUT2D eigenvalue weighted by Gasteiger charge is -2.58. The lowest BCUT2D eigenvalue weighted by Crippen LogP contribution is -2.51. The van der Waals surface area contributed by atoms with Gasteiger partial charge in [-0.15, -0.1) is 0 Å². The summed E-state index contributed by atoms with van der Waals surface area (Å²) in [5, 5.41) is 0. The molecule has 0 saturated heterocycles. The van der Waals surface area contributed by atoms with Gasteiger partial charge in [0.2, 0.25) is 0 Å². The van der Waals surface area contributed by atoms with Gasteiger partial charge in [0.1, 0.15) is 0 Å². The molecule has 0 N–H and O–H groups in total. The summed E-state index contributed by atoms with van der Waals surface area (Å²) in [6, 6.07) is 0. The van der Waals surface area contributed by atoms with E-state index in [0.29, 0.717) is 16.9 Å². The van der Waals surface area contributed by atoms with E-state index in [1.807, 2.05) is 0 Å². The minimum absolute atomic E-state index is 0.465. The third-order valence-electron chi connectivity index (χ3n) is 11.7. The number of allylic oxidation sites excluding steroid dienone is 1. The van der Waals surface area contributed by atoms with E-state index in [1.165, 1.54) is 57.8 Å². The van der Waals surface area contributed by atoms with Gasteiger partial charge in [-0.05, 0) is 136 Å². The zero-order valence-electron chi connectivity index (χ0n) is 22.5. The molecule has 4 fully saturated rings. The van der Waals surface area contributed by atoms with Crippen molar-refractivity contribution in [3.8, 4) is 0 Å². The van der Waals surface area contributed by atoms with E-state index < -0.39 is 8.32 Å². The standard InChI is InChI=1S/C30H52OSi/c1-19(2)24-18-25(24)20(3)26-11-12-27-23-10-9-21-17-22(31-32(6,7)8)13-15-29(21,4)28(23)14-16-30(26,27)5/h9,19-20,22-28H,10-18H2,1-8H3/t20?,22?,23-,24?,25?,26+,27-,28-,29-,30+/m0/s1. The zero-order chi connectivity index (χ0) is 23.1. The van der Waals surface area contributed by atoms with Gasteiger partial charge in [0, 0.05) is 6.10 Å². The van der Waals surface area contributed by atoms with Gasteiger partial charge >= 0.3 is 0 Å². The molecule has 0 bridgehead atoms. The van der Waals surface area contributed by atoms with Crippen LogP contribution >= 0.6 is 0 Å². The van der Waals surface area contributed by atoms with Gasteiger partial charge in [-0.2, -0.15) is 0 Å². The van der Waals surface area contributed by atoms with Gasteiger partial charge in [0.15, 0.2) is 8.32 Å². The molecule has 5 aliphatic carbocycles. The van der Waals surface area contributed by atoms with Gasteiger partial charge in [0.25, 0.3) is 0 Å². The average Bonchev–Trinajstić information content (AvgIpc) is 3.42. The highest BCUT2D eigenvalue weighted by molar-refractivity contribution is 6.69. The van der Waals surface area contributed by atoms with E-state index in [4.69, 9.17) is 4.43 Å². The quantitative estimate of drug-likeness (QED) is 0.297. The molecular formula is C30H52OSi. The molecule has 4 saturated carbocycles. The van der Waals surface area contributed by atoms with Crippen LogP contribution in [0.15, 0.2) is 11.6 Å². The predicted molar refractivity (Wildman–Crippen MR) is 139 cm³/mol. The van der Waals surface area contributed by atoms with Crippen LogP contribution in [0.5, 0.6) is 0 Å². The van der Waals surface area contributed by atoms with Crippen molar-refractivity contribution in [1.82, 2.24) is 0 Å². The SMILES string of the molecule is CC(C)C1CC1C(C)[C@H]1CC[C@H]2[C@@H]3CC=C4CC(O[Si](C)(C)C)CC[C@]4(C)[C@H]3CC[C@]12C. The third kappa shape index (κ3) is 3.82. The third-order valence-corrected chi connectivity index (χ3v) is 12.8. The fourth-order valence-corrected chi connectivity index (χ4v) is 11.2. The molecule has 0 aromatic heterocycles. The Morgan fingerprint density at radius 1 is 0.938 bits per heavy atom. The first-order valence-electron chi connectivity index (χ1n) is 14.3. The molecule has 4 unspecified atom stereocenters. The van der Waals surface area contributed by atoms with Crippen molar-refractivity contribution in [2.45, 2.75) is 118 Å². The summed E-state index contributed by atoms with van der Waals surface area (Å²) in [5.74, 6) is 7.76. The second-order valence-electron chi connectivity index (χ2n) is 14.7. The monoisotopic (exact) mass is 456 g/mol. The van der Waals surface area contributed by atoms with Crippen molar-refractivity contribution in [3.63, 3.8) is 0 Å².